The smallest absolute Gasteiger partial charge is 0.242 e. The van der Waals surface area contributed by atoms with Crippen molar-refractivity contribution in [2.24, 2.45) is 0 Å². The number of hydrogen-bond donors (Lipinski definition) is 1. The highest BCUT2D eigenvalue weighted by Crippen LogP contribution is 2.24. The van der Waals surface area contributed by atoms with Gasteiger partial charge in [0, 0.05) is 22.6 Å². The third-order valence-electron chi connectivity index (χ3n) is 5.74. The summed E-state index contributed by atoms with van der Waals surface area (Å²) in [5.41, 5.74) is 1.59. The molecule has 0 bridgehead atoms. The van der Waals surface area contributed by atoms with Gasteiger partial charge in [-0.15, -0.1) is 0 Å². The predicted octanol–water partition coefficient (Wildman–Crippen LogP) is 5.02. The molecule has 0 unspecified atom stereocenters. The summed E-state index contributed by atoms with van der Waals surface area (Å²) >= 11 is 12.4. The molecule has 0 aromatic heterocycles. The van der Waals surface area contributed by atoms with Crippen LogP contribution in [0.3, 0.4) is 0 Å². The molecule has 166 valence electrons. The van der Waals surface area contributed by atoms with E-state index in [1.807, 2.05) is 24.3 Å². The van der Waals surface area contributed by atoms with Crippen molar-refractivity contribution in [3.8, 4) is 5.75 Å². The van der Waals surface area contributed by atoms with E-state index in [1.54, 1.807) is 37.1 Å². The Kier molecular flexibility index (Phi) is 8.22. The Bertz CT molecular complexity index is 912. The van der Waals surface area contributed by atoms with E-state index >= 15 is 0 Å². The van der Waals surface area contributed by atoms with Crippen molar-refractivity contribution >= 4 is 35.0 Å². The van der Waals surface area contributed by atoms with Crippen LogP contribution < -0.4 is 10.1 Å². The Balaban J connectivity index is 1.79. The second-order valence-corrected chi connectivity index (χ2v) is 8.79. The van der Waals surface area contributed by atoms with Crippen LogP contribution in [-0.2, 0) is 22.6 Å². The van der Waals surface area contributed by atoms with Crippen LogP contribution >= 0.6 is 23.2 Å². The van der Waals surface area contributed by atoms with Crippen LogP contribution in [0, 0.1) is 0 Å². The van der Waals surface area contributed by atoms with Crippen LogP contribution in [0.1, 0.15) is 43.7 Å². The van der Waals surface area contributed by atoms with E-state index in [1.165, 1.54) is 0 Å². The van der Waals surface area contributed by atoms with Gasteiger partial charge >= 0.3 is 0 Å². The summed E-state index contributed by atoms with van der Waals surface area (Å²) in [6.07, 6.45) is 4.40. The van der Waals surface area contributed by atoms with Gasteiger partial charge in [-0.05, 0) is 55.2 Å². The first-order chi connectivity index (χ1) is 14.9. The maximum atomic E-state index is 13.3. The summed E-state index contributed by atoms with van der Waals surface area (Å²) in [6.45, 7) is 1.99. The van der Waals surface area contributed by atoms with Gasteiger partial charge in [-0.2, -0.15) is 0 Å². The fraction of sp³-hybridized carbons (Fsp3) is 0.417. The molecular weight excluding hydrogens is 435 g/mol. The van der Waals surface area contributed by atoms with Crippen LogP contribution in [0.15, 0.2) is 42.5 Å². The standard InChI is InChI=1S/C24H28Cl2N2O3/c1-16(24(30)27-20-5-3-4-6-20)28(15-18-9-10-19(25)14-22(18)26)23(29)13-17-7-11-21(31-2)12-8-17/h7-12,14,16,20H,3-6,13,15H2,1-2H3,(H,27,30)/t16-/m1/s1. The normalized spacial score (nSPS) is 14.8. The van der Waals surface area contributed by atoms with Gasteiger partial charge in [0.2, 0.25) is 11.8 Å². The molecule has 2 aromatic carbocycles. The molecule has 0 radical (unpaired) electrons. The number of amides is 2. The van der Waals surface area contributed by atoms with Gasteiger partial charge in [0.15, 0.2) is 0 Å². The number of ether oxygens (including phenoxy) is 1. The largest absolute Gasteiger partial charge is 0.497 e. The second-order valence-electron chi connectivity index (χ2n) is 7.95. The van der Waals surface area contributed by atoms with Crippen LogP contribution in [-0.4, -0.2) is 35.9 Å². The summed E-state index contributed by atoms with van der Waals surface area (Å²) in [5, 5.41) is 4.09. The van der Waals surface area contributed by atoms with Crippen LogP contribution in [0.4, 0.5) is 0 Å². The van der Waals surface area contributed by atoms with Crippen molar-refractivity contribution < 1.29 is 14.3 Å². The Hall–Kier alpha value is -2.24. The number of methoxy groups -OCH3 is 1. The van der Waals surface area contributed by atoms with Crippen LogP contribution in [0.2, 0.25) is 10.0 Å². The number of carbonyl (C=O) groups excluding carboxylic acids is 2. The summed E-state index contributed by atoms with van der Waals surface area (Å²) in [5.74, 6) is 0.440. The molecule has 1 N–H and O–H groups in total. The molecule has 31 heavy (non-hydrogen) atoms. The lowest BCUT2D eigenvalue weighted by molar-refractivity contribution is -0.140. The number of nitrogens with zero attached hydrogens (tertiary/aromatic N) is 1. The van der Waals surface area contributed by atoms with Crippen LogP contribution in [0.5, 0.6) is 5.75 Å². The van der Waals surface area contributed by atoms with Crippen LogP contribution in [0.25, 0.3) is 0 Å². The minimum absolute atomic E-state index is 0.139. The Morgan fingerprint density at radius 1 is 1.13 bits per heavy atom. The molecule has 1 fully saturated rings. The summed E-state index contributed by atoms with van der Waals surface area (Å²) in [4.78, 5) is 27.8. The van der Waals surface area contributed by atoms with E-state index < -0.39 is 6.04 Å². The molecule has 0 heterocycles. The third kappa shape index (κ3) is 6.37. The van der Waals surface area contributed by atoms with Crippen molar-refractivity contribution in [3.05, 3.63) is 63.6 Å². The molecule has 1 aliphatic carbocycles. The maximum absolute atomic E-state index is 13.3. The van der Waals surface area contributed by atoms with Crippen molar-refractivity contribution in [1.29, 1.82) is 0 Å². The molecule has 7 heteroatoms. The molecule has 2 amide bonds. The summed E-state index contributed by atoms with van der Waals surface area (Å²) < 4.78 is 5.18. The van der Waals surface area contributed by atoms with Gasteiger partial charge in [0.1, 0.15) is 11.8 Å². The number of rotatable bonds is 8. The fourth-order valence-corrected chi connectivity index (χ4v) is 4.30. The van der Waals surface area contributed by atoms with E-state index in [2.05, 4.69) is 5.32 Å². The molecule has 0 spiro atoms. The quantitative estimate of drug-likeness (QED) is 0.598. The molecule has 1 aliphatic rings. The highest BCUT2D eigenvalue weighted by atomic mass is 35.5. The average molecular weight is 463 g/mol. The zero-order chi connectivity index (χ0) is 22.4. The zero-order valence-electron chi connectivity index (χ0n) is 17.9. The van der Waals surface area contributed by atoms with E-state index in [-0.39, 0.29) is 30.8 Å². The van der Waals surface area contributed by atoms with Crippen molar-refractivity contribution in [2.45, 2.75) is 57.7 Å². The molecule has 2 aromatic rings. The first-order valence-electron chi connectivity index (χ1n) is 10.5. The molecule has 0 saturated heterocycles. The van der Waals surface area contributed by atoms with Crippen molar-refractivity contribution in [3.63, 3.8) is 0 Å². The van der Waals surface area contributed by atoms with Gasteiger partial charge in [0.25, 0.3) is 0 Å². The molecule has 1 saturated carbocycles. The molecule has 0 aliphatic heterocycles. The molecular formula is C24H28Cl2N2O3. The minimum atomic E-state index is -0.627. The van der Waals surface area contributed by atoms with Gasteiger partial charge in [-0.25, -0.2) is 0 Å². The SMILES string of the molecule is COc1ccc(CC(=O)N(Cc2ccc(Cl)cc2Cl)[C@H](C)C(=O)NC2CCCC2)cc1. The maximum Gasteiger partial charge on any atom is 0.242 e. The third-order valence-corrected chi connectivity index (χ3v) is 6.33. The van der Waals surface area contributed by atoms with Gasteiger partial charge in [0.05, 0.1) is 13.5 Å². The second kappa shape index (κ2) is 10.9. The first kappa shape index (κ1) is 23.4. The van der Waals surface area contributed by atoms with E-state index in [0.717, 1.165) is 42.6 Å². The Morgan fingerprint density at radius 3 is 2.42 bits per heavy atom. The van der Waals surface area contributed by atoms with Crippen molar-refractivity contribution in [2.75, 3.05) is 7.11 Å². The molecule has 3 rings (SSSR count). The predicted molar refractivity (Wildman–Crippen MR) is 124 cm³/mol. The lowest BCUT2D eigenvalue weighted by Crippen LogP contribution is -2.50. The topological polar surface area (TPSA) is 58.6 Å². The number of carbonyl (C=O) groups is 2. The van der Waals surface area contributed by atoms with Gasteiger partial charge < -0.3 is 15.0 Å². The number of nitrogens with one attached hydrogen (secondary N) is 1. The lowest BCUT2D eigenvalue weighted by atomic mass is 10.1. The van der Waals surface area contributed by atoms with Gasteiger partial charge in [-0.1, -0.05) is 54.2 Å². The van der Waals surface area contributed by atoms with E-state index in [4.69, 9.17) is 27.9 Å². The molecule has 5 nitrogen and oxygen atoms in total. The number of hydrogen-bond acceptors (Lipinski definition) is 3. The Morgan fingerprint density at radius 2 is 1.81 bits per heavy atom. The summed E-state index contributed by atoms with van der Waals surface area (Å²) in [7, 11) is 1.60. The monoisotopic (exact) mass is 462 g/mol. The zero-order valence-corrected chi connectivity index (χ0v) is 19.4. The van der Waals surface area contributed by atoms with Gasteiger partial charge in [-0.3, -0.25) is 9.59 Å². The number of halogens is 2. The summed E-state index contributed by atoms with van der Waals surface area (Å²) in [6, 6.07) is 12.1. The van der Waals surface area contributed by atoms with E-state index in [9.17, 15) is 9.59 Å². The first-order valence-corrected chi connectivity index (χ1v) is 11.3. The Labute approximate surface area is 193 Å². The van der Waals surface area contributed by atoms with Crippen molar-refractivity contribution in [1.82, 2.24) is 10.2 Å². The average Bonchev–Trinajstić information content (AvgIpc) is 3.26. The highest BCUT2D eigenvalue weighted by molar-refractivity contribution is 6.35. The fourth-order valence-electron chi connectivity index (χ4n) is 3.83. The van der Waals surface area contributed by atoms with E-state index in [0.29, 0.717) is 10.0 Å². The minimum Gasteiger partial charge on any atom is -0.497 e. The molecule has 1 atom stereocenters. The highest BCUT2D eigenvalue weighted by Gasteiger charge is 2.29. The lowest BCUT2D eigenvalue weighted by Gasteiger charge is -2.30. The number of benzene rings is 2.